The van der Waals surface area contributed by atoms with Gasteiger partial charge in [-0.25, -0.2) is 18.9 Å². The number of carbonyl (C=O) groups is 3. The molecule has 3 rings (SSSR count). The molecule has 37 heavy (non-hydrogen) atoms. The van der Waals surface area contributed by atoms with Crippen molar-refractivity contribution in [3.8, 4) is 0 Å². The van der Waals surface area contributed by atoms with Gasteiger partial charge in [0.1, 0.15) is 28.4 Å². The topological polar surface area (TPSA) is 128 Å². The quantitative estimate of drug-likeness (QED) is 0.384. The van der Waals surface area contributed by atoms with Crippen LogP contribution in [-0.4, -0.2) is 53.4 Å². The van der Waals surface area contributed by atoms with Crippen LogP contribution in [0.25, 0.3) is 0 Å². The molecule has 0 saturated carbocycles. The molecule has 0 fully saturated rings. The minimum Gasteiger partial charge on any atom is -0.460 e. The number of amides is 2. The van der Waals surface area contributed by atoms with E-state index in [-0.39, 0.29) is 40.5 Å². The highest BCUT2D eigenvalue weighted by atomic mass is 35.5. The van der Waals surface area contributed by atoms with Crippen molar-refractivity contribution >= 4 is 52.7 Å². The lowest BCUT2D eigenvalue weighted by atomic mass is 10.2. The summed E-state index contributed by atoms with van der Waals surface area (Å²) in [6, 6.07) is 7.56. The first kappa shape index (κ1) is 27.8. The second-order valence-corrected chi connectivity index (χ2v) is 8.40. The number of nitrogens with zero attached hydrogens (tertiary/aromatic N) is 4. The maximum atomic E-state index is 14.1. The van der Waals surface area contributed by atoms with Gasteiger partial charge in [-0.15, -0.1) is 0 Å². The first-order valence-electron chi connectivity index (χ1n) is 10.8. The van der Waals surface area contributed by atoms with Gasteiger partial charge in [0.2, 0.25) is 0 Å². The normalized spacial score (nSPS) is 10.6. The zero-order valence-electron chi connectivity index (χ0n) is 20.0. The van der Waals surface area contributed by atoms with Gasteiger partial charge in [0, 0.05) is 18.8 Å². The number of ether oxygens (including phenoxy) is 2. The molecule has 0 aliphatic heterocycles. The van der Waals surface area contributed by atoms with Crippen molar-refractivity contribution in [3.63, 3.8) is 0 Å². The van der Waals surface area contributed by atoms with E-state index >= 15 is 0 Å². The lowest BCUT2D eigenvalue weighted by molar-refractivity contribution is -0.143. The highest BCUT2D eigenvalue weighted by Gasteiger charge is 2.24. The van der Waals surface area contributed by atoms with Crippen LogP contribution in [0.5, 0.6) is 0 Å². The van der Waals surface area contributed by atoms with Crippen LogP contribution in [0.15, 0.2) is 36.5 Å². The number of halogens is 3. The van der Waals surface area contributed by atoms with Crippen LogP contribution in [0.1, 0.15) is 21.6 Å². The summed E-state index contributed by atoms with van der Waals surface area (Å²) in [5.41, 5.74) is 0.800. The minimum atomic E-state index is -0.836. The van der Waals surface area contributed by atoms with Gasteiger partial charge in [0.15, 0.2) is 12.4 Å². The van der Waals surface area contributed by atoms with E-state index in [2.05, 4.69) is 20.7 Å². The van der Waals surface area contributed by atoms with E-state index in [9.17, 15) is 18.8 Å². The Labute approximate surface area is 221 Å². The van der Waals surface area contributed by atoms with E-state index in [0.717, 1.165) is 9.58 Å². The first-order valence-corrected chi connectivity index (χ1v) is 11.5. The smallest absolute Gasteiger partial charge is 0.417 e. The molecule has 0 aliphatic carbocycles. The molecule has 2 N–H and O–H groups in total. The number of aromatic nitrogens is 3. The zero-order chi connectivity index (χ0) is 27.1. The molecular formula is C23H23Cl2FN6O5. The molecule has 3 aromatic rings. The van der Waals surface area contributed by atoms with E-state index in [1.165, 1.54) is 25.4 Å². The van der Waals surface area contributed by atoms with E-state index in [1.54, 1.807) is 32.2 Å². The van der Waals surface area contributed by atoms with Crippen LogP contribution in [0.3, 0.4) is 0 Å². The molecule has 2 amide bonds. The average molecular weight is 553 g/mol. The van der Waals surface area contributed by atoms with Crippen LogP contribution >= 0.6 is 23.2 Å². The molecule has 0 bridgehead atoms. The van der Waals surface area contributed by atoms with Crippen molar-refractivity contribution in [1.82, 2.24) is 20.1 Å². The highest BCUT2D eigenvalue weighted by molar-refractivity contribution is 6.43. The van der Waals surface area contributed by atoms with Crippen LogP contribution in [0.4, 0.5) is 20.7 Å². The van der Waals surface area contributed by atoms with Gasteiger partial charge in [-0.3, -0.25) is 14.5 Å². The third-order valence-electron chi connectivity index (χ3n) is 4.90. The fourth-order valence-corrected chi connectivity index (χ4v) is 3.45. The largest absolute Gasteiger partial charge is 0.460 e. The summed E-state index contributed by atoms with van der Waals surface area (Å²) in [7, 11) is 3.02. The summed E-state index contributed by atoms with van der Waals surface area (Å²) in [6.07, 6.45) is 0.626. The maximum Gasteiger partial charge on any atom is 0.417 e. The molecule has 14 heteroatoms. The van der Waals surface area contributed by atoms with E-state index < -0.39 is 30.5 Å². The predicted octanol–water partition coefficient (Wildman–Crippen LogP) is 3.78. The van der Waals surface area contributed by atoms with E-state index in [4.69, 9.17) is 32.7 Å². The lowest BCUT2D eigenvalue weighted by Gasteiger charge is -2.19. The second-order valence-electron chi connectivity index (χ2n) is 7.67. The molecule has 0 radical (unpaired) electrons. The molecule has 196 valence electrons. The molecule has 0 spiro atoms. The molecular weight excluding hydrogens is 530 g/mol. The fourth-order valence-electron chi connectivity index (χ4n) is 3.05. The van der Waals surface area contributed by atoms with Crippen LogP contribution in [0.2, 0.25) is 10.2 Å². The van der Waals surface area contributed by atoms with Crippen LogP contribution in [-0.2, 0) is 27.6 Å². The number of benzene rings is 1. The Morgan fingerprint density at radius 3 is 2.65 bits per heavy atom. The molecule has 0 atom stereocenters. The molecule has 0 aliphatic rings. The van der Waals surface area contributed by atoms with E-state index in [1.807, 2.05) is 0 Å². The summed E-state index contributed by atoms with van der Waals surface area (Å²) in [4.78, 5) is 42.2. The van der Waals surface area contributed by atoms with Gasteiger partial charge in [-0.05, 0) is 37.7 Å². The molecule has 2 aromatic heterocycles. The Kier molecular flexibility index (Phi) is 9.39. The Balaban J connectivity index is 1.67. The number of hydrogen-bond donors (Lipinski definition) is 2. The summed E-state index contributed by atoms with van der Waals surface area (Å²) in [5, 5.41) is 8.67. The SMILES string of the molecule is CNCC(=O)OCc1cccnc1N(C)C(=O)OCn1nc(C(=O)Nc2ccc(C)cc2F)c(Cl)c1Cl. The van der Waals surface area contributed by atoms with Gasteiger partial charge in [-0.2, -0.15) is 5.10 Å². The highest BCUT2D eigenvalue weighted by Crippen LogP contribution is 2.27. The number of likely N-dealkylation sites (N-methyl/N-ethyl adjacent to an activating group) is 1. The number of nitrogens with one attached hydrogen (secondary N) is 2. The number of pyridine rings is 1. The second kappa shape index (κ2) is 12.5. The van der Waals surface area contributed by atoms with Gasteiger partial charge >= 0.3 is 12.1 Å². The van der Waals surface area contributed by atoms with E-state index in [0.29, 0.717) is 11.1 Å². The molecule has 0 saturated heterocycles. The molecule has 1 aromatic carbocycles. The molecule has 2 heterocycles. The minimum absolute atomic E-state index is 0.0284. The summed E-state index contributed by atoms with van der Waals surface area (Å²) >= 11 is 12.3. The van der Waals surface area contributed by atoms with Crippen molar-refractivity contribution in [2.45, 2.75) is 20.3 Å². The van der Waals surface area contributed by atoms with Crippen molar-refractivity contribution < 1.29 is 28.2 Å². The standard InChI is InChI=1S/C23H23Cl2FN6O5/c1-13-6-7-16(15(26)9-13)29-22(34)19-18(24)20(25)32(30-19)12-37-23(35)31(3)21-14(5-4-8-28-21)11-36-17(33)10-27-2/h4-9,27H,10-12H2,1-3H3,(H,29,34). The third-order valence-corrected chi connectivity index (χ3v) is 5.74. The number of carbonyl (C=O) groups excluding carboxylic acids is 3. The third kappa shape index (κ3) is 6.94. The number of hydrogen-bond acceptors (Lipinski definition) is 8. The molecule has 11 nitrogen and oxygen atoms in total. The van der Waals surface area contributed by atoms with Crippen molar-refractivity contribution in [1.29, 1.82) is 0 Å². The fraction of sp³-hybridized carbons (Fsp3) is 0.261. The van der Waals surface area contributed by atoms with Gasteiger partial charge < -0.3 is 20.1 Å². The number of rotatable bonds is 9. The summed E-state index contributed by atoms with van der Waals surface area (Å²) in [6.45, 7) is 1.14. The van der Waals surface area contributed by atoms with Crippen LogP contribution < -0.4 is 15.5 Å². The average Bonchev–Trinajstić information content (AvgIpc) is 3.16. The van der Waals surface area contributed by atoms with Crippen molar-refractivity contribution in [2.75, 3.05) is 30.9 Å². The Morgan fingerprint density at radius 2 is 1.95 bits per heavy atom. The molecule has 0 unspecified atom stereocenters. The van der Waals surface area contributed by atoms with Crippen molar-refractivity contribution in [3.05, 3.63) is 69.3 Å². The van der Waals surface area contributed by atoms with Crippen molar-refractivity contribution in [2.24, 2.45) is 0 Å². The summed E-state index contributed by atoms with van der Waals surface area (Å²) < 4.78 is 25.5. The number of anilines is 2. The Morgan fingerprint density at radius 1 is 1.19 bits per heavy atom. The van der Waals surface area contributed by atoms with Crippen LogP contribution in [0, 0.1) is 12.7 Å². The number of esters is 1. The van der Waals surface area contributed by atoms with Gasteiger partial charge in [0.05, 0.1) is 12.2 Å². The number of aryl methyl sites for hydroxylation is 1. The maximum absolute atomic E-state index is 14.1. The Bertz CT molecular complexity index is 1320. The van der Waals surface area contributed by atoms with Gasteiger partial charge in [0.25, 0.3) is 5.91 Å². The monoisotopic (exact) mass is 552 g/mol. The predicted molar refractivity (Wildman–Crippen MR) is 134 cm³/mol. The summed E-state index contributed by atoms with van der Waals surface area (Å²) in [5.74, 6) is -1.70. The van der Waals surface area contributed by atoms with Gasteiger partial charge in [-0.1, -0.05) is 35.3 Å². The zero-order valence-corrected chi connectivity index (χ0v) is 21.6. The Hall–Kier alpha value is -3.74. The first-order chi connectivity index (χ1) is 17.6. The lowest BCUT2D eigenvalue weighted by Crippen LogP contribution is -2.30.